The number of aromatic hydroxyl groups is 2. The van der Waals surface area contributed by atoms with Crippen molar-refractivity contribution in [2.24, 2.45) is 10.2 Å². The molecule has 0 aliphatic heterocycles. The van der Waals surface area contributed by atoms with E-state index in [1.54, 1.807) is 0 Å². The van der Waals surface area contributed by atoms with Gasteiger partial charge in [0.15, 0.2) is 21.3 Å². The molecule has 0 radical (unpaired) electrons. The van der Waals surface area contributed by atoms with Crippen molar-refractivity contribution in [3.63, 3.8) is 0 Å². The number of carbonyl (C=O) groups is 1. The molecule has 0 aliphatic carbocycles. The van der Waals surface area contributed by atoms with Gasteiger partial charge in [0.25, 0.3) is 15.4 Å². The Bertz CT molecular complexity index is 1590. The number of nitrogen functional groups attached to an aromatic ring is 1. The van der Waals surface area contributed by atoms with Crippen LogP contribution in [0.3, 0.4) is 0 Å². The van der Waals surface area contributed by atoms with Gasteiger partial charge in [0, 0.05) is 22.9 Å². The highest BCUT2D eigenvalue weighted by Gasteiger charge is 2.24. The maximum absolute atomic E-state index is 12.0. The zero-order chi connectivity index (χ0) is 24.9. The van der Waals surface area contributed by atoms with Crippen LogP contribution in [0.15, 0.2) is 50.4 Å². The molecule has 0 unspecified atom stereocenters. The van der Waals surface area contributed by atoms with Crippen LogP contribution >= 0.6 is 23.2 Å². The predicted molar refractivity (Wildman–Crippen MR) is 120 cm³/mol. The van der Waals surface area contributed by atoms with Crippen molar-refractivity contribution in [3.8, 4) is 11.5 Å². The van der Waals surface area contributed by atoms with Gasteiger partial charge in [-0.15, -0.1) is 10.2 Å². The molecule has 3 aromatic carbocycles. The van der Waals surface area contributed by atoms with Gasteiger partial charge in [0.2, 0.25) is 0 Å². The molecule has 0 aliphatic rings. The minimum Gasteiger partial charge on any atom is -0.505 e. The number of nitrogens with two attached hydrogens (primary N) is 1. The molecule has 3 rings (SSSR count). The maximum Gasteiger partial charge on any atom is 0.296 e. The van der Waals surface area contributed by atoms with E-state index in [1.165, 1.54) is 0 Å². The number of hydrogen-bond acceptors (Lipinski definition) is 10. The number of benzene rings is 3. The molecule has 0 saturated heterocycles. The Morgan fingerprint density at radius 1 is 1.00 bits per heavy atom. The summed E-state index contributed by atoms with van der Waals surface area (Å²) in [7, 11) is -8.77. The molecule has 0 heterocycles. The van der Waals surface area contributed by atoms with E-state index >= 15 is 0 Å². The predicted octanol–water partition coefficient (Wildman–Crippen LogP) is 3.93. The summed E-state index contributed by atoms with van der Waals surface area (Å²) in [6, 6.07) is 5.00. The second-order valence-corrected chi connectivity index (χ2v) is 10.9. The number of sulfone groups is 1. The number of rotatable bonds is 5. The van der Waals surface area contributed by atoms with E-state index in [2.05, 4.69) is 10.2 Å². The van der Waals surface area contributed by atoms with E-state index in [0.717, 1.165) is 36.6 Å². The zero-order valence-corrected chi connectivity index (χ0v) is 19.5. The van der Waals surface area contributed by atoms with Crippen molar-refractivity contribution in [2.75, 3.05) is 12.0 Å². The van der Waals surface area contributed by atoms with Gasteiger partial charge < -0.3 is 15.9 Å². The van der Waals surface area contributed by atoms with Crippen LogP contribution in [0.5, 0.6) is 11.5 Å². The molecule has 0 saturated carbocycles. The van der Waals surface area contributed by atoms with Crippen LogP contribution in [-0.4, -0.2) is 43.1 Å². The SMILES string of the molecule is CS(=O)(=O)c1cc(N)c2c(O)c(N=Nc3cc(C(=O)Cl)cc(Cl)c3O)c(S(=O)(=O)O)cc2c1. The molecule has 0 amide bonds. The van der Waals surface area contributed by atoms with Crippen LogP contribution in [0.1, 0.15) is 10.4 Å². The molecule has 3 aromatic rings. The lowest BCUT2D eigenvalue weighted by Gasteiger charge is -2.12. The van der Waals surface area contributed by atoms with Crippen LogP contribution in [0.25, 0.3) is 10.8 Å². The number of phenols is 2. The Balaban J connectivity index is 2.35. The van der Waals surface area contributed by atoms with Gasteiger partial charge in [0.05, 0.1) is 9.92 Å². The van der Waals surface area contributed by atoms with Crippen molar-refractivity contribution in [1.29, 1.82) is 0 Å². The van der Waals surface area contributed by atoms with Crippen molar-refractivity contribution < 1.29 is 36.4 Å². The third-order valence-corrected chi connectivity index (χ3v) is 6.85. The molecule has 0 bridgehead atoms. The first kappa shape index (κ1) is 24.7. The topological polar surface area (TPSA) is 197 Å². The Morgan fingerprint density at radius 2 is 1.64 bits per heavy atom. The fourth-order valence-corrected chi connectivity index (χ4v) is 4.54. The molecule has 5 N–H and O–H groups in total. The monoisotopic (exact) mass is 533 g/mol. The molecular weight excluding hydrogens is 521 g/mol. The normalized spacial score (nSPS) is 12.5. The number of halogens is 2. The number of fused-ring (bicyclic) bond motifs is 1. The van der Waals surface area contributed by atoms with Crippen molar-refractivity contribution in [2.45, 2.75) is 9.79 Å². The minimum absolute atomic E-state index is 0.125. The van der Waals surface area contributed by atoms with Gasteiger partial charge in [-0.3, -0.25) is 9.35 Å². The summed E-state index contributed by atoms with van der Waals surface area (Å²) in [6.07, 6.45) is 0.900. The molecule has 0 fully saturated rings. The Hall–Kier alpha value is -2.97. The van der Waals surface area contributed by atoms with Gasteiger partial charge in [-0.1, -0.05) is 11.6 Å². The summed E-state index contributed by atoms with van der Waals surface area (Å²) >= 11 is 11.2. The van der Waals surface area contributed by atoms with Crippen LogP contribution in [0.4, 0.5) is 17.1 Å². The summed E-state index contributed by atoms with van der Waals surface area (Å²) in [5, 5.41) is 26.4. The Labute approximate surface area is 196 Å². The highest BCUT2D eigenvalue weighted by Crippen LogP contribution is 2.45. The molecule has 33 heavy (non-hydrogen) atoms. The average molecular weight is 534 g/mol. The number of azo groups is 1. The molecular formula is C18H13Cl2N3O8S2. The fourth-order valence-electron chi connectivity index (χ4n) is 2.88. The second-order valence-electron chi connectivity index (χ2n) is 6.73. The molecule has 0 aromatic heterocycles. The minimum atomic E-state index is -5.02. The largest absolute Gasteiger partial charge is 0.505 e. The first-order valence-electron chi connectivity index (χ1n) is 8.52. The van der Waals surface area contributed by atoms with E-state index in [1.807, 2.05) is 0 Å². The summed E-state index contributed by atoms with van der Waals surface area (Å²) in [4.78, 5) is 10.2. The molecule has 11 nitrogen and oxygen atoms in total. The zero-order valence-electron chi connectivity index (χ0n) is 16.3. The number of anilines is 1. The summed E-state index contributed by atoms with van der Waals surface area (Å²) < 4.78 is 57.3. The first-order chi connectivity index (χ1) is 15.1. The lowest BCUT2D eigenvalue weighted by Crippen LogP contribution is -2.02. The fraction of sp³-hybridized carbons (Fsp3) is 0.0556. The van der Waals surface area contributed by atoms with Crippen molar-refractivity contribution >= 4 is 76.2 Å². The van der Waals surface area contributed by atoms with Crippen molar-refractivity contribution in [3.05, 3.63) is 40.9 Å². The average Bonchev–Trinajstić information content (AvgIpc) is 2.67. The van der Waals surface area contributed by atoms with Gasteiger partial charge in [-0.25, -0.2) is 8.42 Å². The highest BCUT2D eigenvalue weighted by molar-refractivity contribution is 7.90. The van der Waals surface area contributed by atoms with Crippen LogP contribution < -0.4 is 5.73 Å². The van der Waals surface area contributed by atoms with E-state index < -0.39 is 53.0 Å². The second kappa shape index (κ2) is 8.43. The van der Waals surface area contributed by atoms with Crippen molar-refractivity contribution in [1.82, 2.24) is 0 Å². The van der Waals surface area contributed by atoms with E-state index in [0.29, 0.717) is 0 Å². The lowest BCUT2D eigenvalue weighted by atomic mass is 10.1. The van der Waals surface area contributed by atoms with Gasteiger partial charge in [-0.05, 0) is 47.3 Å². The summed E-state index contributed by atoms with van der Waals surface area (Å²) in [5.41, 5.74) is 4.29. The third-order valence-electron chi connectivity index (χ3n) is 4.39. The molecule has 15 heteroatoms. The first-order valence-corrected chi connectivity index (χ1v) is 12.6. The standard InChI is InChI=1S/C18H13Cl2N3O8S2/c1-32(27,28)9-2-7-5-13(33(29,30)31)15(17(25)14(7)11(21)6-9)23-22-12-4-8(18(20)26)3-10(19)16(12)24/h2-6,24-25H,21H2,1H3,(H,29,30,31). The summed E-state index contributed by atoms with van der Waals surface area (Å²) in [6.45, 7) is 0. The van der Waals surface area contributed by atoms with Crippen LogP contribution in [0, 0.1) is 0 Å². The third kappa shape index (κ3) is 4.86. The van der Waals surface area contributed by atoms with Gasteiger partial charge >= 0.3 is 0 Å². The highest BCUT2D eigenvalue weighted by atomic mass is 35.5. The summed E-state index contributed by atoms with van der Waals surface area (Å²) in [5.74, 6) is -1.48. The maximum atomic E-state index is 12.0. The quantitative estimate of drug-likeness (QED) is 0.162. The molecule has 174 valence electrons. The van der Waals surface area contributed by atoms with E-state index in [9.17, 15) is 36.4 Å². The number of phenolic OH excluding ortho intramolecular Hbond substituents is 2. The number of nitrogens with zero attached hydrogens (tertiary/aromatic N) is 2. The van der Waals surface area contributed by atoms with E-state index in [4.69, 9.17) is 28.9 Å². The Kier molecular flexibility index (Phi) is 6.30. The Morgan fingerprint density at radius 3 is 2.18 bits per heavy atom. The van der Waals surface area contributed by atoms with E-state index in [-0.39, 0.29) is 31.9 Å². The number of hydrogen-bond donors (Lipinski definition) is 4. The smallest absolute Gasteiger partial charge is 0.296 e. The molecule has 0 atom stereocenters. The van der Waals surface area contributed by atoms with Crippen LogP contribution in [-0.2, 0) is 20.0 Å². The van der Waals surface area contributed by atoms with Crippen LogP contribution in [0.2, 0.25) is 5.02 Å². The van der Waals surface area contributed by atoms with Gasteiger partial charge in [0.1, 0.15) is 16.3 Å². The number of carbonyl (C=O) groups excluding carboxylic acids is 1. The molecule has 0 spiro atoms. The van der Waals surface area contributed by atoms with Gasteiger partial charge in [-0.2, -0.15) is 8.42 Å². The lowest BCUT2D eigenvalue weighted by molar-refractivity contribution is 0.108.